The maximum absolute atomic E-state index is 14.5. The van der Waals surface area contributed by atoms with Crippen molar-refractivity contribution < 1.29 is 27.5 Å². The number of rotatable bonds is 6. The molecule has 0 fully saturated rings. The molecule has 33 heavy (non-hydrogen) atoms. The monoisotopic (exact) mass is 501 g/mol. The van der Waals surface area contributed by atoms with Gasteiger partial charge in [0.25, 0.3) is 0 Å². The molecule has 176 valence electrons. The number of thioether (sulfide) groups is 1. The maximum Gasteiger partial charge on any atom is 0.434 e. The lowest BCUT2D eigenvalue weighted by Gasteiger charge is -2.21. The zero-order chi connectivity index (χ0) is 24.9. The van der Waals surface area contributed by atoms with Crippen molar-refractivity contribution in [2.45, 2.75) is 19.1 Å². The van der Waals surface area contributed by atoms with Crippen LogP contribution in [0.3, 0.4) is 0 Å². The average Bonchev–Trinajstić information content (AvgIpc) is 2.73. The third-order valence-electron chi connectivity index (χ3n) is 4.55. The summed E-state index contributed by atoms with van der Waals surface area (Å²) in [6.45, 7) is 1.51. The van der Waals surface area contributed by atoms with Crippen LogP contribution in [0.1, 0.15) is 17.2 Å². The van der Waals surface area contributed by atoms with Gasteiger partial charge in [-0.1, -0.05) is 41.6 Å². The SMILES string of the molecule is CSC(=O)/C(=C(/O)C(=CN)C(=Nc1cccc(Cl)c1)C(F)(F)F)C(N)c1c(C)cccc1F. The molecule has 0 bridgehead atoms. The van der Waals surface area contributed by atoms with Crippen LogP contribution in [0.25, 0.3) is 0 Å². The van der Waals surface area contributed by atoms with Gasteiger partial charge in [0.15, 0.2) is 5.71 Å². The van der Waals surface area contributed by atoms with E-state index in [1.165, 1.54) is 49.6 Å². The summed E-state index contributed by atoms with van der Waals surface area (Å²) in [4.78, 5) is 16.2. The van der Waals surface area contributed by atoms with Crippen LogP contribution < -0.4 is 11.5 Å². The second-order valence-corrected chi connectivity index (χ2v) is 7.94. The third kappa shape index (κ3) is 6.16. The Balaban J connectivity index is 2.79. The van der Waals surface area contributed by atoms with E-state index >= 15 is 0 Å². The summed E-state index contributed by atoms with van der Waals surface area (Å²) in [6, 6.07) is 7.68. The first-order chi connectivity index (χ1) is 15.4. The summed E-state index contributed by atoms with van der Waals surface area (Å²) in [7, 11) is 0. The van der Waals surface area contributed by atoms with Crippen molar-refractivity contribution in [2.24, 2.45) is 16.5 Å². The van der Waals surface area contributed by atoms with Gasteiger partial charge in [0.2, 0.25) is 5.12 Å². The van der Waals surface area contributed by atoms with Crippen molar-refractivity contribution in [1.29, 1.82) is 0 Å². The van der Waals surface area contributed by atoms with Gasteiger partial charge in [-0.15, -0.1) is 0 Å². The highest BCUT2D eigenvalue weighted by atomic mass is 35.5. The minimum absolute atomic E-state index is 0.131. The molecule has 0 spiro atoms. The molecule has 0 saturated carbocycles. The van der Waals surface area contributed by atoms with E-state index in [-0.39, 0.29) is 16.3 Å². The number of allylic oxidation sites excluding steroid dienone is 1. The maximum atomic E-state index is 14.5. The van der Waals surface area contributed by atoms with Crippen LogP contribution in [0, 0.1) is 12.7 Å². The van der Waals surface area contributed by atoms with Crippen LogP contribution in [0.5, 0.6) is 0 Å². The number of carbonyl (C=O) groups excluding carboxylic acids is 1. The fraction of sp³-hybridized carbons (Fsp3) is 0.182. The van der Waals surface area contributed by atoms with E-state index in [0.29, 0.717) is 23.5 Å². The molecule has 0 heterocycles. The Morgan fingerprint density at radius 3 is 2.39 bits per heavy atom. The lowest BCUT2D eigenvalue weighted by Crippen LogP contribution is -2.29. The number of aliphatic imine (C=N–C) groups is 1. The Hall–Kier alpha value is -2.82. The number of halogens is 5. The van der Waals surface area contributed by atoms with E-state index < -0.39 is 45.8 Å². The lowest BCUT2D eigenvalue weighted by atomic mass is 9.92. The largest absolute Gasteiger partial charge is 0.507 e. The van der Waals surface area contributed by atoms with Gasteiger partial charge < -0.3 is 16.6 Å². The van der Waals surface area contributed by atoms with Crippen molar-refractivity contribution >= 4 is 39.9 Å². The van der Waals surface area contributed by atoms with Gasteiger partial charge in [-0.2, -0.15) is 13.2 Å². The average molecular weight is 502 g/mol. The van der Waals surface area contributed by atoms with Crippen molar-refractivity contribution in [2.75, 3.05) is 6.26 Å². The Kier molecular flexibility index (Phi) is 8.70. The molecule has 5 nitrogen and oxygen atoms in total. The van der Waals surface area contributed by atoms with E-state index in [1.807, 2.05) is 0 Å². The van der Waals surface area contributed by atoms with E-state index in [0.717, 1.165) is 6.07 Å². The number of nitrogens with zero attached hydrogens (tertiary/aromatic N) is 1. The fourth-order valence-electron chi connectivity index (χ4n) is 3.03. The summed E-state index contributed by atoms with van der Waals surface area (Å²) < 4.78 is 56.3. The summed E-state index contributed by atoms with van der Waals surface area (Å²) in [5, 5.41) is 10.1. The number of aryl methyl sites for hydroxylation is 1. The molecular weight excluding hydrogens is 482 g/mol. The van der Waals surface area contributed by atoms with E-state index in [1.54, 1.807) is 0 Å². The molecule has 1 unspecified atom stereocenters. The topological polar surface area (TPSA) is 102 Å². The first kappa shape index (κ1) is 26.4. The number of hydrogen-bond acceptors (Lipinski definition) is 6. The molecular formula is C22H20ClF4N3O2S. The van der Waals surface area contributed by atoms with Gasteiger partial charge in [0.1, 0.15) is 11.6 Å². The van der Waals surface area contributed by atoms with Gasteiger partial charge in [0, 0.05) is 16.8 Å². The van der Waals surface area contributed by atoms with Gasteiger partial charge in [-0.3, -0.25) is 4.79 Å². The molecule has 0 aliphatic rings. The summed E-state index contributed by atoms with van der Waals surface area (Å²) in [5.41, 5.74) is 8.30. The van der Waals surface area contributed by atoms with Crippen molar-refractivity contribution in [1.82, 2.24) is 0 Å². The van der Waals surface area contributed by atoms with Crippen LogP contribution >= 0.6 is 23.4 Å². The summed E-state index contributed by atoms with van der Waals surface area (Å²) >= 11 is 6.40. The Labute approximate surface area is 196 Å². The Morgan fingerprint density at radius 2 is 1.88 bits per heavy atom. The van der Waals surface area contributed by atoms with Crippen LogP contribution in [0.4, 0.5) is 23.2 Å². The molecule has 2 aromatic rings. The van der Waals surface area contributed by atoms with Gasteiger partial charge in [0.05, 0.1) is 22.9 Å². The molecule has 0 saturated heterocycles. The Morgan fingerprint density at radius 1 is 1.24 bits per heavy atom. The highest BCUT2D eigenvalue weighted by molar-refractivity contribution is 8.13. The molecule has 2 rings (SSSR count). The smallest absolute Gasteiger partial charge is 0.434 e. The van der Waals surface area contributed by atoms with Gasteiger partial charge in [-0.25, -0.2) is 9.38 Å². The third-order valence-corrected chi connectivity index (χ3v) is 5.37. The van der Waals surface area contributed by atoms with E-state index in [9.17, 15) is 27.5 Å². The highest BCUT2D eigenvalue weighted by Crippen LogP contribution is 2.35. The molecule has 0 aromatic heterocycles. The molecule has 11 heteroatoms. The van der Waals surface area contributed by atoms with Crippen LogP contribution in [0.2, 0.25) is 5.02 Å². The normalized spacial score (nSPS) is 14.7. The first-order valence-corrected chi connectivity index (χ1v) is 10.9. The zero-order valence-corrected chi connectivity index (χ0v) is 19.0. The fourth-order valence-corrected chi connectivity index (χ4v) is 3.66. The van der Waals surface area contributed by atoms with Crippen molar-refractivity contribution in [3.63, 3.8) is 0 Å². The molecule has 2 aromatic carbocycles. The van der Waals surface area contributed by atoms with Crippen LogP contribution in [0.15, 0.2) is 70.6 Å². The number of aliphatic hydroxyl groups excluding tert-OH is 1. The first-order valence-electron chi connectivity index (χ1n) is 9.28. The second-order valence-electron chi connectivity index (χ2n) is 6.72. The van der Waals surface area contributed by atoms with Gasteiger partial charge in [-0.05, 0) is 43.0 Å². The lowest BCUT2D eigenvalue weighted by molar-refractivity contribution is -0.108. The van der Waals surface area contributed by atoms with E-state index in [4.69, 9.17) is 23.1 Å². The molecule has 0 amide bonds. The highest BCUT2D eigenvalue weighted by Gasteiger charge is 2.41. The predicted octanol–water partition coefficient (Wildman–Crippen LogP) is 5.67. The number of carbonyl (C=O) groups is 1. The number of aliphatic hydroxyl groups is 1. The van der Waals surface area contributed by atoms with Crippen molar-refractivity contribution in [3.05, 3.63) is 87.5 Å². The summed E-state index contributed by atoms with van der Waals surface area (Å²) in [5.74, 6) is -1.95. The molecule has 1 atom stereocenters. The Bertz CT molecular complexity index is 1130. The minimum Gasteiger partial charge on any atom is -0.507 e. The predicted molar refractivity (Wildman–Crippen MR) is 123 cm³/mol. The number of hydrogen-bond donors (Lipinski definition) is 3. The second kappa shape index (κ2) is 10.9. The van der Waals surface area contributed by atoms with Crippen LogP contribution in [-0.4, -0.2) is 28.4 Å². The van der Waals surface area contributed by atoms with Gasteiger partial charge >= 0.3 is 6.18 Å². The molecule has 0 aliphatic heterocycles. The van der Waals surface area contributed by atoms with E-state index in [2.05, 4.69) is 4.99 Å². The quantitative estimate of drug-likeness (QED) is 0.156. The molecule has 5 N–H and O–H groups in total. The number of benzene rings is 2. The van der Waals surface area contributed by atoms with Crippen LogP contribution in [-0.2, 0) is 4.79 Å². The zero-order valence-electron chi connectivity index (χ0n) is 17.5. The molecule has 0 aliphatic carbocycles. The molecule has 0 radical (unpaired) electrons. The standard InChI is InChI=1S/C22H20ClF4N3O2S/c1-11-5-3-8-15(24)16(11)18(29)17(21(32)33-2)19(31)14(10-28)20(22(25,26)27)30-13-7-4-6-12(23)9-13/h3-10,18,31H,28-29H2,1-2H3/b14-10?,19-17+,30-20?. The number of alkyl halides is 3. The minimum atomic E-state index is -5.09. The summed E-state index contributed by atoms with van der Waals surface area (Å²) in [6.07, 6.45) is -3.29. The van der Waals surface area contributed by atoms with Crippen molar-refractivity contribution in [3.8, 4) is 0 Å². The number of nitrogens with two attached hydrogens (primary N) is 2.